The van der Waals surface area contributed by atoms with Crippen LogP contribution in [0, 0.1) is 5.95 Å². The first kappa shape index (κ1) is 22.4. The van der Waals surface area contributed by atoms with Gasteiger partial charge in [-0.25, -0.2) is 9.97 Å². The molecule has 8 heteroatoms. The van der Waals surface area contributed by atoms with Crippen molar-refractivity contribution in [1.82, 2.24) is 19.5 Å². The van der Waals surface area contributed by atoms with Crippen molar-refractivity contribution in [3.8, 4) is 22.8 Å². The number of aromatic nitrogens is 4. The molecule has 6 rings (SSSR count). The molecular formula is C28H25FN4O3. The molecular weight excluding hydrogens is 459 g/mol. The number of pyridine rings is 3. The SMILES string of the molecule is Cn1c2ccncc2c2ccc(-c3ccc(OC4CC(OCCOc5ccc(F)nc5)C4)nc3)cc21. The van der Waals surface area contributed by atoms with Crippen molar-refractivity contribution in [2.45, 2.75) is 25.0 Å². The number of halogens is 1. The summed E-state index contributed by atoms with van der Waals surface area (Å²) < 4.78 is 32.3. The molecule has 4 aromatic heterocycles. The topological polar surface area (TPSA) is 71.3 Å². The monoisotopic (exact) mass is 484 g/mol. The van der Waals surface area contributed by atoms with E-state index in [0.717, 1.165) is 34.9 Å². The zero-order chi connectivity index (χ0) is 24.5. The van der Waals surface area contributed by atoms with Crippen molar-refractivity contribution >= 4 is 21.8 Å². The van der Waals surface area contributed by atoms with Gasteiger partial charge in [0.25, 0.3) is 0 Å². The van der Waals surface area contributed by atoms with E-state index >= 15 is 0 Å². The Hall–Kier alpha value is -4.04. The molecule has 1 fully saturated rings. The summed E-state index contributed by atoms with van der Waals surface area (Å²) in [5.41, 5.74) is 4.48. The normalized spacial score (nSPS) is 17.3. The molecule has 182 valence electrons. The fraction of sp³-hybridized carbons (Fsp3) is 0.250. The lowest BCUT2D eigenvalue weighted by Gasteiger charge is -2.34. The van der Waals surface area contributed by atoms with Gasteiger partial charge in [-0.05, 0) is 35.9 Å². The molecule has 0 saturated heterocycles. The van der Waals surface area contributed by atoms with Crippen LogP contribution >= 0.6 is 0 Å². The van der Waals surface area contributed by atoms with Crippen LogP contribution in [0.2, 0.25) is 0 Å². The Labute approximate surface area is 207 Å². The zero-order valence-electron chi connectivity index (χ0n) is 19.8. The van der Waals surface area contributed by atoms with E-state index in [4.69, 9.17) is 14.2 Å². The summed E-state index contributed by atoms with van der Waals surface area (Å²) in [5.74, 6) is 0.619. The van der Waals surface area contributed by atoms with Crippen molar-refractivity contribution in [2.75, 3.05) is 13.2 Å². The summed E-state index contributed by atoms with van der Waals surface area (Å²) in [6.45, 7) is 0.846. The molecule has 0 radical (unpaired) electrons. The molecule has 1 aliphatic carbocycles. The Morgan fingerprint density at radius 1 is 0.861 bits per heavy atom. The summed E-state index contributed by atoms with van der Waals surface area (Å²) in [6.07, 6.45) is 8.82. The van der Waals surface area contributed by atoms with Crippen LogP contribution in [-0.2, 0) is 11.8 Å². The highest BCUT2D eigenvalue weighted by atomic mass is 19.1. The predicted molar refractivity (Wildman–Crippen MR) is 135 cm³/mol. The Bertz CT molecular complexity index is 1500. The van der Waals surface area contributed by atoms with Crippen LogP contribution in [0.15, 0.2) is 73.3 Å². The number of hydrogen-bond donors (Lipinski definition) is 0. The first-order valence-electron chi connectivity index (χ1n) is 12.0. The third-order valence-electron chi connectivity index (χ3n) is 6.62. The van der Waals surface area contributed by atoms with E-state index in [0.29, 0.717) is 24.8 Å². The largest absolute Gasteiger partial charge is 0.490 e. The van der Waals surface area contributed by atoms with Gasteiger partial charge in [-0.15, -0.1) is 0 Å². The molecule has 0 amide bonds. The van der Waals surface area contributed by atoms with E-state index in [1.807, 2.05) is 36.8 Å². The Morgan fingerprint density at radius 2 is 1.75 bits per heavy atom. The maximum Gasteiger partial charge on any atom is 0.213 e. The molecule has 1 aliphatic rings. The third-order valence-corrected chi connectivity index (χ3v) is 6.62. The number of hydrogen-bond acceptors (Lipinski definition) is 6. The quantitative estimate of drug-likeness (QED) is 0.219. The van der Waals surface area contributed by atoms with Gasteiger partial charge in [-0.3, -0.25) is 4.98 Å². The van der Waals surface area contributed by atoms with E-state index in [9.17, 15) is 4.39 Å². The maximum atomic E-state index is 12.8. The first-order valence-corrected chi connectivity index (χ1v) is 12.0. The van der Waals surface area contributed by atoms with E-state index in [2.05, 4.69) is 44.8 Å². The number of benzene rings is 1. The van der Waals surface area contributed by atoms with Gasteiger partial charge in [0.1, 0.15) is 18.5 Å². The highest BCUT2D eigenvalue weighted by molar-refractivity contribution is 6.08. The van der Waals surface area contributed by atoms with Crippen molar-refractivity contribution in [1.29, 1.82) is 0 Å². The van der Waals surface area contributed by atoms with Gasteiger partial charge in [0.15, 0.2) is 0 Å². The minimum absolute atomic E-state index is 0.0938. The maximum absolute atomic E-state index is 12.8. The molecule has 5 aromatic rings. The van der Waals surface area contributed by atoms with Gasteiger partial charge >= 0.3 is 0 Å². The highest BCUT2D eigenvalue weighted by Gasteiger charge is 2.32. The van der Waals surface area contributed by atoms with Crippen LogP contribution < -0.4 is 9.47 Å². The second kappa shape index (κ2) is 9.54. The average molecular weight is 485 g/mol. The number of nitrogens with zero attached hydrogens (tertiary/aromatic N) is 4. The summed E-state index contributed by atoms with van der Waals surface area (Å²) in [7, 11) is 2.08. The van der Waals surface area contributed by atoms with Crippen LogP contribution in [0.25, 0.3) is 32.9 Å². The molecule has 1 aromatic carbocycles. The number of aryl methyl sites for hydroxylation is 1. The first-order chi connectivity index (χ1) is 17.6. The minimum atomic E-state index is -0.524. The van der Waals surface area contributed by atoms with E-state index in [1.54, 1.807) is 6.07 Å². The molecule has 7 nitrogen and oxygen atoms in total. The lowest BCUT2D eigenvalue weighted by Crippen LogP contribution is -2.40. The fourth-order valence-corrected chi connectivity index (χ4v) is 4.60. The van der Waals surface area contributed by atoms with Gasteiger partial charge in [0, 0.05) is 66.4 Å². The van der Waals surface area contributed by atoms with Gasteiger partial charge in [0.05, 0.1) is 24.4 Å². The molecule has 36 heavy (non-hydrogen) atoms. The Morgan fingerprint density at radius 3 is 2.56 bits per heavy atom. The minimum Gasteiger partial charge on any atom is -0.490 e. The lowest BCUT2D eigenvalue weighted by atomic mass is 9.92. The zero-order valence-corrected chi connectivity index (χ0v) is 19.8. The smallest absolute Gasteiger partial charge is 0.213 e. The molecule has 0 unspecified atom stereocenters. The lowest BCUT2D eigenvalue weighted by molar-refractivity contribution is -0.0680. The number of fused-ring (bicyclic) bond motifs is 3. The molecule has 0 aliphatic heterocycles. The molecule has 0 bridgehead atoms. The second-order valence-electron chi connectivity index (χ2n) is 8.94. The average Bonchev–Trinajstić information content (AvgIpc) is 3.18. The Kier molecular flexibility index (Phi) is 5.95. The molecule has 0 atom stereocenters. The second-order valence-corrected chi connectivity index (χ2v) is 8.94. The van der Waals surface area contributed by atoms with Crippen LogP contribution in [0.4, 0.5) is 4.39 Å². The predicted octanol–water partition coefficient (Wildman–Crippen LogP) is 5.33. The van der Waals surface area contributed by atoms with Gasteiger partial charge in [-0.2, -0.15) is 4.39 Å². The number of rotatable bonds is 8. The summed E-state index contributed by atoms with van der Waals surface area (Å²) in [5, 5.41) is 2.35. The number of ether oxygens (including phenoxy) is 3. The van der Waals surface area contributed by atoms with Gasteiger partial charge in [0.2, 0.25) is 11.8 Å². The molecule has 0 spiro atoms. The van der Waals surface area contributed by atoms with E-state index in [-0.39, 0.29) is 12.2 Å². The van der Waals surface area contributed by atoms with Gasteiger partial charge < -0.3 is 18.8 Å². The van der Waals surface area contributed by atoms with E-state index < -0.39 is 5.95 Å². The third kappa shape index (κ3) is 4.47. The van der Waals surface area contributed by atoms with Crippen LogP contribution in [0.5, 0.6) is 11.6 Å². The summed E-state index contributed by atoms with van der Waals surface area (Å²) >= 11 is 0. The van der Waals surface area contributed by atoms with Crippen LogP contribution in [0.1, 0.15) is 12.8 Å². The highest BCUT2D eigenvalue weighted by Crippen LogP contribution is 2.32. The molecule has 1 saturated carbocycles. The van der Waals surface area contributed by atoms with Crippen LogP contribution in [0.3, 0.4) is 0 Å². The summed E-state index contributed by atoms with van der Waals surface area (Å²) in [4.78, 5) is 12.4. The van der Waals surface area contributed by atoms with E-state index in [1.165, 1.54) is 23.2 Å². The standard InChI is InChI=1S/C28H25FN4O3/c1-33-25-8-9-30-17-24(25)23-5-2-18(12-26(23)33)19-3-7-28(32-15-19)36-22-13-21(14-22)35-11-10-34-20-4-6-27(29)31-16-20/h2-9,12,15-17,21-22H,10-11,13-14H2,1H3. The van der Waals surface area contributed by atoms with Crippen molar-refractivity contribution in [3.05, 3.63) is 79.3 Å². The van der Waals surface area contributed by atoms with Crippen molar-refractivity contribution in [2.24, 2.45) is 7.05 Å². The fourth-order valence-electron chi connectivity index (χ4n) is 4.60. The molecule has 0 N–H and O–H groups in total. The summed E-state index contributed by atoms with van der Waals surface area (Å²) in [6, 6.07) is 15.3. The molecule has 4 heterocycles. The van der Waals surface area contributed by atoms with Crippen LogP contribution in [-0.4, -0.2) is 44.9 Å². The Balaban J connectivity index is 1.01. The van der Waals surface area contributed by atoms with Gasteiger partial charge in [-0.1, -0.05) is 12.1 Å². The van der Waals surface area contributed by atoms with Crippen molar-refractivity contribution in [3.63, 3.8) is 0 Å². The van der Waals surface area contributed by atoms with Crippen molar-refractivity contribution < 1.29 is 18.6 Å².